The van der Waals surface area contributed by atoms with Gasteiger partial charge in [0.15, 0.2) is 0 Å². The summed E-state index contributed by atoms with van der Waals surface area (Å²) < 4.78 is 13.8. The van der Waals surface area contributed by atoms with Crippen molar-refractivity contribution in [2.75, 3.05) is 0 Å². The van der Waals surface area contributed by atoms with Gasteiger partial charge in [0.05, 0.1) is 0 Å². The molecular formula is C12H14ClFO2. The van der Waals surface area contributed by atoms with Gasteiger partial charge in [0.1, 0.15) is 0 Å². The molecule has 0 aliphatic heterocycles. The van der Waals surface area contributed by atoms with E-state index in [0.717, 1.165) is 12.5 Å². The molecule has 16 heavy (non-hydrogen) atoms. The summed E-state index contributed by atoms with van der Waals surface area (Å²) in [5.74, 6) is -1.29. The largest absolute Gasteiger partial charge is 0.479 e. The molecule has 0 spiro atoms. The Kier molecular flexibility index (Phi) is 3.58. The van der Waals surface area contributed by atoms with E-state index in [1.54, 1.807) is 6.07 Å². The van der Waals surface area contributed by atoms with Gasteiger partial charge in [-0.15, -0.1) is 0 Å². The molecule has 0 saturated heterocycles. The Balaban J connectivity index is 3.21. The van der Waals surface area contributed by atoms with Crippen molar-refractivity contribution in [1.82, 2.24) is 0 Å². The lowest BCUT2D eigenvalue weighted by molar-refractivity contribution is -0.150. The second-order valence-electron chi connectivity index (χ2n) is 4.20. The summed E-state index contributed by atoms with van der Waals surface area (Å²) in [4.78, 5) is 10.7. The van der Waals surface area contributed by atoms with Crippen molar-refractivity contribution in [3.05, 3.63) is 34.3 Å². The SMILES string of the molecule is CC(C)c1ccc(C(C)(F)C(=O)O)cc1Cl. The minimum Gasteiger partial charge on any atom is -0.479 e. The van der Waals surface area contributed by atoms with Crippen molar-refractivity contribution < 1.29 is 14.3 Å². The second-order valence-corrected chi connectivity index (χ2v) is 4.61. The van der Waals surface area contributed by atoms with Crippen LogP contribution < -0.4 is 0 Å². The van der Waals surface area contributed by atoms with Crippen LogP contribution >= 0.6 is 11.6 Å². The van der Waals surface area contributed by atoms with Crippen molar-refractivity contribution in [2.45, 2.75) is 32.4 Å². The number of alkyl halides is 1. The summed E-state index contributed by atoms with van der Waals surface area (Å²) in [5, 5.41) is 9.15. The molecule has 2 nitrogen and oxygen atoms in total. The average Bonchev–Trinajstić information content (AvgIpc) is 2.16. The number of rotatable bonds is 3. The van der Waals surface area contributed by atoms with Crippen LogP contribution in [0.25, 0.3) is 0 Å². The Morgan fingerprint density at radius 3 is 2.44 bits per heavy atom. The van der Waals surface area contributed by atoms with E-state index in [1.807, 2.05) is 13.8 Å². The van der Waals surface area contributed by atoms with Crippen LogP contribution in [0.1, 0.15) is 37.8 Å². The summed E-state index contributed by atoms with van der Waals surface area (Å²) in [6.45, 7) is 4.94. The van der Waals surface area contributed by atoms with Gasteiger partial charge >= 0.3 is 5.97 Å². The Bertz CT molecular complexity index is 413. The first-order valence-electron chi connectivity index (χ1n) is 4.99. The first kappa shape index (κ1) is 13.0. The fraction of sp³-hybridized carbons (Fsp3) is 0.417. The highest BCUT2D eigenvalue weighted by Gasteiger charge is 2.35. The van der Waals surface area contributed by atoms with Crippen LogP contribution in [0.4, 0.5) is 4.39 Å². The lowest BCUT2D eigenvalue weighted by atomic mass is 9.94. The number of carbonyl (C=O) groups is 1. The average molecular weight is 245 g/mol. The van der Waals surface area contributed by atoms with Gasteiger partial charge in [-0.3, -0.25) is 0 Å². The molecule has 4 heteroatoms. The Morgan fingerprint density at radius 1 is 1.50 bits per heavy atom. The van der Waals surface area contributed by atoms with Crippen LogP contribution in [0.3, 0.4) is 0 Å². The van der Waals surface area contributed by atoms with Crippen LogP contribution in [0.5, 0.6) is 0 Å². The van der Waals surface area contributed by atoms with Crippen molar-refractivity contribution in [3.63, 3.8) is 0 Å². The van der Waals surface area contributed by atoms with Gasteiger partial charge in [-0.25, -0.2) is 9.18 Å². The molecule has 1 aromatic carbocycles. The third kappa shape index (κ3) is 2.35. The zero-order chi connectivity index (χ0) is 12.5. The molecule has 1 N–H and O–H groups in total. The van der Waals surface area contributed by atoms with Crippen molar-refractivity contribution in [2.24, 2.45) is 0 Å². The molecule has 1 aromatic rings. The molecule has 0 amide bonds. The molecule has 0 aliphatic rings. The van der Waals surface area contributed by atoms with Gasteiger partial charge in [0.2, 0.25) is 5.67 Å². The zero-order valence-corrected chi connectivity index (χ0v) is 10.2. The van der Waals surface area contributed by atoms with Gasteiger partial charge in [-0.05, 0) is 24.5 Å². The van der Waals surface area contributed by atoms with Crippen LogP contribution in [-0.4, -0.2) is 11.1 Å². The standard InChI is InChI=1S/C12H14ClFO2/c1-7(2)9-5-4-8(6-10(9)13)12(3,14)11(15)16/h4-7H,1-3H3,(H,15,16). The summed E-state index contributed by atoms with van der Waals surface area (Å²) in [6.07, 6.45) is 0. The van der Waals surface area contributed by atoms with E-state index in [4.69, 9.17) is 16.7 Å². The summed E-state index contributed by atoms with van der Waals surface area (Å²) in [7, 11) is 0. The number of aliphatic carboxylic acids is 1. The van der Waals surface area contributed by atoms with E-state index < -0.39 is 11.6 Å². The smallest absolute Gasteiger partial charge is 0.345 e. The fourth-order valence-electron chi connectivity index (χ4n) is 1.41. The van der Waals surface area contributed by atoms with Gasteiger partial charge in [-0.2, -0.15) is 0 Å². The molecule has 0 heterocycles. The van der Waals surface area contributed by atoms with Gasteiger partial charge < -0.3 is 5.11 Å². The highest BCUT2D eigenvalue weighted by Crippen LogP contribution is 2.32. The number of hydrogen-bond acceptors (Lipinski definition) is 1. The molecule has 1 rings (SSSR count). The van der Waals surface area contributed by atoms with Crippen molar-refractivity contribution in [3.8, 4) is 0 Å². The van der Waals surface area contributed by atoms with E-state index in [2.05, 4.69) is 0 Å². The van der Waals surface area contributed by atoms with Gasteiger partial charge in [0, 0.05) is 10.6 Å². The molecule has 0 radical (unpaired) electrons. The minimum atomic E-state index is -2.40. The first-order valence-corrected chi connectivity index (χ1v) is 5.37. The predicted molar refractivity (Wildman–Crippen MR) is 61.6 cm³/mol. The molecular weight excluding hydrogens is 231 g/mol. The van der Waals surface area contributed by atoms with Crippen LogP contribution in [0.2, 0.25) is 5.02 Å². The predicted octanol–water partition coefficient (Wildman–Crippen LogP) is 3.73. The molecule has 1 atom stereocenters. The fourth-order valence-corrected chi connectivity index (χ4v) is 1.81. The Hall–Kier alpha value is -1.09. The monoisotopic (exact) mass is 244 g/mol. The lowest BCUT2D eigenvalue weighted by Crippen LogP contribution is -2.26. The third-order valence-electron chi connectivity index (χ3n) is 2.57. The van der Waals surface area contributed by atoms with E-state index in [1.165, 1.54) is 12.1 Å². The summed E-state index contributed by atoms with van der Waals surface area (Å²) >= 11 is 5.98. The Labute approximate surface area is 99.0 Å². The Morgan fingerprint density at radius 2 is 2.06 bits per heavy atom. The summed E-state index contributed by atoms with van der Waals surface area (Å²) in [6, 6.07) is 4.52. The minimum absolute atomic E-state index is 0.0643. The lowest BCUT2D eigenvalue weighted by Gasteiger charge is -2.17. The zero-order valence-electron chi connectivity index (χ0n) is 9.42. The molecule has 0 fully saturated rings. The normalized spacial score (nSPS) is 14.9. The van der Waals surface area contributed by atoms with Crippen LogP contribution in [-0.2, 0) is 10.5 Å². The van der Waals surface area contributed by atoms with Gasteiger partial charge in [0.25, 0.3) is 0 Å². The third-order valence-corrected chi connectivity index (χ3v) is 2.89. The van der Waals surface area contributed by atoms with Crippen LogP contribution in [0, 0.1) is 0 Å². The molecule has 0 bridgehead atoms. The molecule has 0 aliphatic carbocycles. The summed E-state index contributed by atoms with van der Waals surface area (Å²) in [5.41, 5.74) is -1.46. The van der Waals surface area contributed by atoms with E-state index in [9.17, 15) is 9.18 Å². The molecule has 0 saturated carbocycles. The molecule has 1 unspecified atom stereocenters. The molecule has 0 aromatic heterocycles. The van der Waals surface area contributed by atoms with Crippen LogP contribution in [0.15, 0.2) is 18.2 Å². The first-order chi connectivity index (χ1) is 7.26. The van der Waals surface area contributed by atoms with Gasteiger partial charge in [-0.1, -0.05) is 37.6 Å². The van der Waals surface area contributed by atoms with E-state index in [0.29, 0.717) is 5.02 Å². The second kappa shape index (κ2) is 4.42. The number of carboxylic acids is 1. The highest BCUT2D eigenvalue weighted by atomic mass is 35.5. The number of benzene rings is 1. The maximum Gasteiger partial charge on any atom is 0.345 e. The van der Waals surface area contributed by atoms with Crippen molar-refractivity contribution >= 4 is 17.6 Å². The maximum atomic E-state index is 13.8. The molecule has 88 valence electrons. The quantitative estimate of drug-likeness (QED) is 0.880. The number of hydrogen-bond donors (Lipinski definition) is 1. The number of carboxylic acid groups (broad SMARTS) is 1. The highest BCUT2D eigenvalue weighted by molar-refractivity contribution is 6.31. The van der Waals surface area contributed by atoms with E-state index >= 15 is 0 Å². The van der Waals surface area contributed by atoms with E-state index in [-0.39, 0.29) is 11.5 Å². The van der Waals surface area contributed by atoms with Crippen molar-refractivity contribution in [1.29, 1.82) is 0 Å². The maximum absolute atomic E-state index is 13.8. The number of halogens is 2. The topological polar surface area (TPSA) is 37.3 Å².